The quantitative estimate of drug-likeness (QED) is 0.288. The monoisotopic (exact) mass is 416 g/mol. The molecule has 4 aromatic rings. The van der Waals surface area contributed by atoms with Crippen LogP contribution in [0.15, 0.2) is 53.6 Å². The van der Waals surface area contributed by atoms with E-state index < -0.39 is 0 Å². The van der Waals surface area contributed by atoms with Gasteiger partial charge in [0, 0.05) is 17.0 Å². The minimum atomic E-state index is -0.108. The van der Waals surface area contributed by atoms with Crippen molar-refractivity contribution in [3.63, 3.8) is 0 Å². The van der Waals surface area contributed by atoms with Crippen molar-refractivity contribution < 1.29 is 4.79 Å². The van der Waals surface area contributed by atoms with Crippen LogP contribution in [-0.4, -0.2) is 16.6 Å². The molecule has 0 aliphatic rings. The molecule has 1 heterocycles. The number of amides is 1. The highest BCUT2D eigenvalue weighted by molar-refractivity contribution is 7.22. The lowest BCUT2D eigenvalue weighted by Crippen LogP contribution is -2.14. The Bertz CT molecular complexity index is 1280. The summed E-state index contributed by atoms with van der Waals surface area (Å²) in [4.78, 5) is 17.8. The normalized spacial score (nSPS) is 11.8. The lowest BCUT2D eigenvalue weighted by molar-refractivity contribution is 0.102. The first-order valence-electron chi connectivity index (χ1n) is 9.97. The van der Waals surface area contributed by atoms with Crippen LogP contribution in [0, 0.1) is 13.8 Å². The fourth-order valence-corrected chi connectivity index (χ4v) is 4.34. The van der Waals surface area contributed by atoms with E-state index in [9.17, 15) is 4.79 Å². The van der Waals surface area contributed by atoms with Crippen LogP contribution in [0.25, 0.3) is 21.0 Å². The van der Waals surface area contributed by atoms with Crippen molar-refractivity contribution >= 4 is 54.8 Å². The predicted octanol–water partition coefficient (Wildman–Crippen LogP) is 6.52. The van der Waals surface area contributed by atoms with Gasteiger partial charge in [0.25, 0.3) is 5.91 Å². The fraction of sp³-hybridized carbons (Fsp3) is 0.208. The third-order valence-electron chi connectivity index (χ3n) is 5.24. The summed E-state index contributed by atoms with van der Waals surface area (Å²) in [6, 6.07) is 15.7. The Morgan fingerprint density at radius 1 is 1.13 bits per heavy atom. The molecule has 0 atom stereocenters. The van der Waals surface area contributed by atoms with Crippen molar-refractivity contribution in [1.82, 2.24) is 4.98 Å². The summed E-state index contributed by atoms with van der Waals surface area (Å²) in [5, 5.41) is 10.2. The zero-order chi connectivity index (χ0) is 21.3. The average Bonchev–Trinajstić information content (AvgIpc) is 3.17. The lowest BCUT2D eigenvalue weighted by Gasteiger charge is -2.13. The van der Waals surface area contributed by atoms with Crippen molar-refractivity contribution in [3.05, 3.63) is 65.2 Å². The second-order valence-electron chi connectivity index (χ2n) is 7.35. The molecule has 6 heteroatoms. The summed E-state index contributed by atoms with van der Waals surface area (Å²) in [5.41, 5.74) is 8.48. The number of nitrogens with zero attached hydrogens (tertiary/aromatic N) is 2. The first-order chi connectivity index (χ1) is 14.5. The number of benzene rings is 3. The van der Waals surface area contributed by atoms with Crippen LogP contribution in [0.2, 0.25) is 0 Å². The Balaban J connectivity index is 1.69. The van der Waals surface area contributed by atoms with E-state index in [-0.39, 0.29) is 5.91 Å². The Hall–Kier alpha value is -3.25. The van der Waals surface area contributed by atoms with Gasteiger partial charge in [-0.05, 0) is 61.2 Å². The molecule has 0 aliphatic carbocycles. The van der Waals surface area contributed by atoms with Crippen molar-refractivity contribution in [1.29, 1.82) is 0 Å². The van der Waals surface area contributed by atoms with Gasteiger partial charge in [0.2, 0.25) is 5.13 Å². The van der Waals surface area contributed by atoms with E-state index in [4.69, 9.17) is 0 Å². The maximum absolute atomic E-state index is 13.1. The molecule has 2 N–H and O–H groups in total. The highest BCUT2D eigenvalue weighted by atomic mass is 32.1. The zero-order valence-corrected chi connectivity index (χ0v) is 18.4. The van der Waals surface area contributed by atoms with Crippen LogP contribution >= 0.6 is 11.3 Å². The molecule has 0 bridgehead atoms. The standard InChI is InChI=1S/C24H24N4OS/c1-5-15(3)27-28-24-25-20-13-14(2)21(16(4)22(20)30-24)26-23(29)19-12-8-10-17-9-6-7-11-18(17)19/h6-13H,5H2,1-4H3,(H,25,28)(H,26,29)/b27-15+. The van der Waals surface area contributed by atoms with E-state index in [2.05, 4.69) is 27.8 Å². The average molecular weight is 417 g/mol. The van der Waals surface area contributed by atoms with Crippen molar-refractivity contribution in [3.8, 4) is 0 Å². The fourth-order valence-electron chi connectivity index (χ4n) is 3.45. The lowest BCUT2D eigenvalue weighted by atomic mass is 10.0. The summed E-state index contributed by atoms with van der Waals surface area (Å²) >= 11 is 1.54. The van der Waals surface area contributed by atoms with E-state index in [1.54, 1.807) is 11.3 Å². The minimum absolute atomic E-state index is 0.108. The van der Waals surface area contributed by atoms with Gasteiger partial charge in [0.1, 0.15) is 0 Å². The number of thiazole rings is 1. The Labute approximate surface area is 179 Å². The highest BCUT2D eigenvalue weighted by Gasteiger charge is 2.16. The second-order valence-corrected chi connectivity index (χ2v) is 8.35. The van der Waals surface area contributed by atoms with Crippen molar-refractivity contribution in [2.45, 2.75) is 34.1 Å². The molecule has 1 aromatic heterocycles. The number of carbonyl (C=O) groups excluding carboxylic acids is 1. The Kier molecular flexibility index (Phi) is 5.50. The number of carbonyl (C=O) groups is 1. The van der Waals surface area contributed by atoms with Gasteiger partial charge in [-0.2, -0.15) is 5.10 Å². The van der Waals surface area contributed by atoms with Gasteiger partial charge in [0.15, 0.2) is 0 Å². The van der Waals surface area contributed by atoms with E-state index in [0.717, 1.165) is 55.1 Å². The van der Waals surface area contributed by atoms with E-state index in [1.807, 2.05) is 69.3 Å². The number of fused-ring (bicyclic) bond motifs is 2. The van der Waals surface area contributed by atoms with Gasteiger partial charge in [-0.3, -0.25) is 10.2 Å². The molecule has 0 spiro atoms. The van der Waals surface area contributed by atoms with Crippen molar-refractivity contribution in [2.75, 3.05) is 10.7 Å². The van der Waals surface area contributed by atoms with Crippen LogP contribution in [0.5, 0.6) is 0 Å². The molecule has 152 valence electrons. The first kappa shape index (κ1) is 20.0. The number of hydrogen-bond acceptors (Lipinski definition) is 5. The minimum Gasteiger partial charge on any atom is -0.321 e. The molecule has 5 nitrogen and oxygen atoms in total. The molecular weight excluding hydrogens is 392 g/mol. The van der Waals surface area contributed by atoms with E-state index in [0.29, 0.717) is 5.56 Å². The number of nitrogens with one attached hydrogen (secondary N) is 2. The third kappa shape index (κ3) is 3.78. The number of aryl methyl sites for hydroxylation is 2. The molecule has 1 amide bonds. The molecular formula is C24H24N4OS. The van der Waals surface area contributed by atoms with Gasteiger partial charge >= 0.3 is 0 Å². The summed E-state index contributed by atoms with van der Waals surface area (Å²) in [5.74, 6) is -0.108. The van der Waals surface area contributed by atoms with Crippen LogP contribution in [0.4, 0.5) is 10.8 Å². The number of aromatic nitrogens is 1. The van der Waals surface area contributed by atoms with Crippen LogP contribution in [-0.2, 0) is 0 Å². The number of anilines is 2. The number of rotatable bonds is 5. The largest absolute Gasteiger partial charge is 0.321 e. The van der Waals surface area contributed by atoms with Gasteiger partial charge in [-0.25, -0.2) is 4.98 Å². The first-order valence-corrected chi connectivity index (χ1v) is 10.8. The van der Waals surface area contributed by atoms with Gasteiger partial charge in [-0.1, -0.05) is 54.7 Å². The third-order valence-corrected chi connectivity index (χ3v) is 6.34. The molecule has 0 aliphatic heterocycles. The second kappa shape index (κ2) is 8.24. The molecule has 0 radical (unpaired) electrons. The molecule has 30 heavy (non-hydrogen) atoms. The van der Waals surface area contributed by atoms with E-state index in [1.165, 1.54) is 0 Å². The number of hydrogen-bond donors (Lipinski definition) is 2. The van der Waals surface area contributed by atoms with E-state index >= 15 is 0 Å². The summed E-state index contributed by atoms with van der Waals surface area (Å²) in [7, 11) is 0. The highest BCUT2D eigenvalue weighted by Crippen LogP contribution is 2.35. The maximum atomic E-state index is 13.1. The van der Waals surface area contributed by atoms with Gasteiger partial charge in [-0.15, -0.1) is 0 Å². The smallest absolute Gasteiger partial charge is 0.256 e. The molecule has 0 saturated carbocycles. The molecule has 4 rings (SSSR count). The summed E-state index contributed by atoms with van der Waals surface area (Å²) in [6.45, 7) is 8.07. The van der Waals surface area contributed by atoms with Crippen LogP contribution in [0.3, 0.4) is 0 Å². The Morgan fingerprint density at radius 3 is 2.70 bits per heavy atom. The predicted molar refractivity (Wildman–Crippen MR) is 128 cm³/mol. The summed E-state index contributed by atoms with van der Waals surface area (Å²) in [6.07, 6.45) is 0.889. The number of hydrazone groups is 1. The molecule has 0 saturated heterocycles. The molecule has 0 fully saturated rings. The SMILES string of the molecule is CC/C(C)=N/Nc1nc2cc(C)c(NC(=O)c3cccc4ccccc34)c(C)c2s1. The molecule has 3 aromatic carbocycles. The van der Waals surface area contributed by atoms with Crippen molar-refractivity contribution in [2.24, 2.45) is 5.10 Å². The zero-order valence-electron chi connectivity index (χ0n) is 17.5. The van der Waals surface area contributed by atoms with Gasteiger partial charge < -0.3 is 5.32 Å². The van der Waals surface area contributed by atoms with Crippen LogP contribution in [0.1, 0.15) is 41.8 Å². The topological polar surface area (TPSA) is 66.4 Å². The maximum Gasteiger partial charge on any atom is 0.256 e. The van der Waals surface area contributed by atoms with Crippen LogP contribution < -0.4 is 10.7 Å². The molecule has 0 unspecified atom stereocenters. The Morgan fingerprint density at radius 2 is 1.90 bits per heavy atom. The summed E-state index contributed by atoms with van der Waals surface area (Å²) < 4.78 is 1.04. The van der Waals surface area contributed by atoms with Gasteiger partial charge in [0.05, 0.1) is 10.2 Å².